The molecule has 0 spiro atoms. The summed E-state index contributed by atoms with van der Waals surface area (Å²) >= 11 is 0. The Kier molecular flexibility index (Phi) is 4.31. The molecule has 23 heavy (non-hydrogen) atoms. The summed E-state index contributed by atoms with van der Waals surface area (Å²) in [7, 11) is 0. The Morgan fingerprint density at radius 3 is 2.52 bits per heavy atom. The van der Waals surface area contributed by atoms with Crippen molar-refractivity contribution >= 4 is 5.78 Å². The molecular weight excluding hydrogens is 311 g/mol. The number of H-pyrrole nitrogens is 1. The van der Waals surface area contributed by atoms with Crippen LogP contribution in [0.3, 0.4) is 0 Å². The average Bonchev–Trinajstić information content (AvgIpc) is 2.46. The minimum Gasteiger partial charge on any atom is -0.326 e. The lowest BCUT2D eigenvalue weighted by atomic mass is 9.95. The molecule has 118 valence electrons. The number of nitrogens with one attached hydrogen (secondary N) is 1. The Morgan fingerprint density at radius 2 is 2.04 bits per heavy atom. The van der Waals surface area contributed by atoms with Gasteiger partial charge in [0.15, 0.2) is 11.7 Å². The molecule has 1 unspecified atom stereocenters. The fraction of sp³-hybridized carbons (Fsp3) is 0.200. The first-order valence-corrected chi connectivity index (χ1v) is 6.40. The zero-order valence-electron chi connectivity index (χ0n) is 11.8. The van der Waals surface area contributed by atoms with Gasteiger partial charge in [-0.3, -0.25) is 14.6 Å². The summed E-state index contributed by atoms with van der Waals surface area (Å²) in [5, 5.41) is 9.16. The van der Waals surface area contributed by atoms with Crippen LogP contribution in [0.5, 0.6) is 0 Å². The molecule has 2 heterocycles. The number of aryl methyl sites for hydroxylation is 1. The summed E-state index contributed by atoms with van der Waals surface area (Å²) in [5.74, 6) is -2.09. The Balaban J connectivity index is 2.38. The van der Waals surface area contributed by atoms with Crippen LogP contribution in [0.15, 0.2) is 35.3 Å². The molecule has 0 bridgehead atoms. The number of ketones is 1. The summed E-state index contributed by atoms with van der Waals surface area (Å²) < 4.78 is 37.5. The fourth-order valence-electron chi connectivity index (χ4n) is 1.99. The first kappa shape index (κ1) is 16.4. The van der Waals surface area contributed by atoms with Crippen molar-refractivity contribution in [3.63, 3.8) is 0 Å². The van der Waals surface area contributed by atoms with E-state index in [-0.39, 0.29) is 11.3 Å². The molecule has 2 rings (SSSR count). The molecule has 0 fully saturated rings. The number of carbonyl (C=O) groups is 1. The predicted octanol–water partition coefficient (Wildman–Crippen LogP) is 2.59. The van der Waals surface area contributed by atoms with Crippen LogP contribution in [0.25, 0.3) is 0 Å². The number of halogens is 3. The van der Waals surface area contributed by atoms with Gasteiger partial charge in [0.25, 0.3) is 0 Å². The lowest BCUT2D eigenvalue weighted by molar-refractivity contribution is -0.137. The highest BCUT2D eigenvalue weighted by atomic mass is 19.4. The molecule has 0 aromatic carbocycles. The van der Waals surface area contributed by atoms with Crippen molar-refractivity contribution in [1.82, 2.24) is 9.97 Å². The van der Waals surface area contributed by atoms with E-state index in [9.17, 15) is 22.8 Å². The highest BCUT2D eigenvalue weighted by Crippen LogP contribution is 2.29. The molecule has 1 N–H and O–H groups in total. The smallest absolute Gasteiger partial charge is 0.326 e. The van der Waals surface area contributed by atoms with E-state index in [4.69, 9.17) is 5.26 Å². The number of Topliss-reactive ketones (excluding diaryl/α,β-unsaturated/α-hetero) is 1. The number of aromatic amines is 1. The maximum absolute atomic E-state index is 12.5. The van der Waals surface area contributed by atoms with Crippen molar-refractivity contribution in [3.8, 4) is 6.07 Å². The van der Waals surface area contributed by atoms with E-state index in [1.165, 1.54) is 6.07 Å². The Morgan fingerprint density at radius 1 is 1.35 bits per heavy atom. The second kappa shape index (κ2) is 6.04. The van der Waals surface area contributed by atoms with E-state index < -0.39 is 29.0 Å². The summed E-state index contributed by atoms with van der Waals surface area (Å²) in [5.41, 5.74) is -1.16. The van der Waals surface area contributed by atoms with Gasteiger partial charge in [0, 0.05) is 23.5 Å². The normalized spacial score (nSPS) is 12.5. The van der Waals surface area contributed by atoms with Gasteiger partial charge in [-0.25, -0.2) is 0 Å². The van der Waals surface area contributed by atoms with Gasteiger partial charge in [-0.1, -0.05) is 0 Å². The summed E-state index contributed by atoms with van der Waals surface area (Å²) in [6, 6.07) is 5.86. The summed E-state index contributed by atoms with van der Waals surface area (Å²) in [6.07, 6.45) is -3.99. The van der Waals surface area contributed by atoms with E-state index in [0.29, 0.717) is 11.9 Å². The molecule has 0 aliphatic carbocycles. The quantitative estimate of drug-likeness (QED) is 0.880. The van der Waals surface area contributed by atoms with Gasteiger partial charge in [0.05, 0.1) is 17.3 Å². The van der Waals surface area contributed by atoms with Crippen molar-refractivity contribution in [2.75, 3.05) is 0 Å². The zero-order chi connectivity index (χ0) is 17.2. The van der Waals surface area contributed by atoms with Crippen molar-refractivity contribution < 1.29 is 18.0 Å². The van der Waals surface area contributed by atoms with Gasteiger partial charge in [-0.05, 0) is 25.1 Å². The maximum atomic E-state index is 12.5. The molecule has 0 aliphatic rings. The largest absolute Gasteiger partial charge is 0.417 e. The van der Waals surface area contributed by atoms with E-state index >= 15 is 0 Å². The van der Waals surface area contributed by atoms with Crippen LogP contribution in [0.4, 0.5) is 13.2 Å². The standard InChI is InChI=1S/C15H10F3N3O2/c1-8-4-9(5-13(22)21-8)14(23)11(6-19)12-3-2-10(7-20-12)15(16,17)18/h2-5,7,11H,1H3,(H,21,22). The molecule has 0 aliphatic heterocycles. The van der Waals surface area contributed by atoms with E-state index in [1.54, 1.807) is 13.0 Å². The van der Waals surface area contributed by atoms with Crippen LogP contribution >= 0.6 is 0 Å². The van der Waals surface area contributed by atoms with Gasteiger partial charge in [0.1, 0.15) is 0 Å². The lowest BCUT2D eigenvalue weighted by Crippen LogP contribution is -2.17. The lowest BCUT2D eigenvalue weighted by Gasteiger charge is -2.10. The number of nitrogens with zero attached hydrogens (tertiary/aromatic N) is 2. The number of pyridine rings is 2. The molecule has 0 saturated carbocycles. The van der Waals surface area contributed by atoms with Crippen LogP contribution in [-0.2, 0) is 6.18 Å². The van der Waals surface area contributed by atoms with Crippen LogP contribution in [-0.4, -0.2) is 15.8 Å². The highest BCUT2D eigenvalue weighted by Gasteiger charge is 2.31. The molecule has 1 atom stereocenters. The second-order valence-electron chi connectivity index (χ2n) is 4.81. The third-order valence-electron chi connectivity index (χ3n) is 3.06. The molecule has 0 saturated heterocycles. The van der Waals surface area contributed by atoms with Crippen molar-refractivity contribution in [3.05, 3.63) is 63.3 Å². The predicted molar refractivity (Wildman–Crippen MR) is 73.7 cm³/mol. The first-order valence-electron chi connectivity index (χ1n) is 6.40. The van der Waals surface area contributed by atoms with Crippen LogP contribution in [0.1, 0.15) is 33.2 Å². The third kappa shape index (κ3) is 3.63. The van der Waals surface area contributed by atoms with E-state index in [2.05, 4.69) is 9.97 Å². The van der Waals surface area contributed by atoms with Gasteiger partial charge in [-0.15, -0.1) is 0 Å². The minimum atomic E-state index is -4.55. The van der Waals surface area contributed by atoms with E-state index in [0.717, 1.165) is 18.2 Å². The number of alkyl halides is 3. The Bertz CT molecular complexity index is 833. The average molecular weight is 321 g/mol. The molecule has 5 nitrogen and oxygen atoms in total. The van der Waals surface area contributed by atoms with Gasteiger partial charge < -0.3 is 4.98 Å². The molecule has 2 aromatic rings. The number of hydrogen-bond donors (Lipinski definition) is 1. The number of rotatable bonds is 3. The zero-order valence-corrected chi connectivity index (χ0v) is 11.8. The fourth-order valence-corrected chi connectivity index (χ4v) is 1.99. The highest BCUT2D eigenvalue weighted by molar-refractivity contribution is 6.02. The molecule has 0 radical (unpaired) electrons. The van der Waals surface area contributed by atoms with E-state index in [1.807, 2.05) is 0 Å². The first-order chi connectivity index (χ1) is 10.7. The molecule has 8 heteroatoms. The molecule has 0 amide bonds. The minimum absolute atomic E-state index is 0.000465. The van der Waals surface area contributed by atoms with Crippen molar-refractivity contribution in [2.24, 2.45) is 0 Å². The van der Waals surface area contributed by atoms with Gasteiger partial charge in [-0.2, -0.15) is 18.4 Å². The third-order valence-corrected chi connectivity index (χ3v) is 3.06. The summed E-state index contributed by atoms with van der Waals surface area (Å²) in [6.45, 7) is 1.57. The van der Waals surface area contributed by atoms with Crippen LogP contribution in [0.2, 0.25) is 0 Å². The van der Waals surface area contributed by atoms with Gasteiger partial charge in [0.2, 0.25) is 5.56 Å². The number of carbonyl (C=O) groups excluding carboxylic acids is 1. The van der Waals surface area contributed by atoms with Crippen molar-refractivity contribution in [1.29, 1.82) is 5.26 Å². The molecular formula is C15H10F3N3O2. The Hall–Kier alpha value is -2.95. The Labute approximate surface area is 128 Å². The van der Waals surface area contributed by atoms with Crippen LogP contribution in [0, 0.1) is 18.3 Å². The second-order valence-corrected chi connectivity index (χ2v) is 4.81. The topological polar surface area (TPSA) is 86.6 Å². The van der Waals surface area contributed by atoms with Gasteiger partial charge >= 0.3 is 6.18 Å². The molecule has 2 aromatic heterocycles. The monoisotopic (exact) mass is 321 g/mol. The number of hydrogen-bond acceptors (Lipinski definition) is 4. The van der Waals surface area contributed by atoms with Crippen molar-refractivity contribution in [2.45, 2.75) is 19.0 Å². The maximum Gasteiger partial charge on any atom is 0.417 e. The summed E-state index contributed by atoms with van der Waals surface area (Å²) in [4.78, 5) is 29.7. The SMILES string of the molecule is Cc1cc(C(=O)C(C#N)c2ccc(C(F)(F)F)cn2)cc(=O)[nH]1. The number of nitriles is 1. The number of aromatic nitrogens is 2. The van der Waals surface area contributed by atoms with Crippen LogP contribution < -0.4 is 5.56 Å².